The lowest BCUT2D eigenvalue weighted by Gasteiger charge is -2.29. The molecule has 2 unspecified atom stereocenters. The van der Waals surface area contributed by atoms with Gasteiger partial charge in [-0.2, -0.15) is 0 Å². The zero-order chi connectivity index (χ0) is 21.3. The molecular formula is C24H33N3O3. The van der Waals surface area contributed by atoms with Crippen molar-refractivity contribution in [2.45, 2.75) is 38.0 Å². The quantitative estimate of drug-likeness (QED) is 0.665. The number of likely N-dealkylation sites (N-methyl/N-ethyl adjacent to an activating group) is 1. The molecular weight excluding hydrogens is 378 g/mol. The first kappa shape index (κ1) is 22.1. The van der Waals surface area contributed by atoms with Crippen molar-refractivity contribution < 1.29 is 14.6 Å². The fraction of sp³-hybridized carbons (Fsp3) is 0.458. The Morgan fingerprint density at radius 1 is 1.17 bits per heavy atom. The SMILES string of the molecule is CN(C)C(CNC(=O)N(Cc1ccccc1O)CC1CCCO1)Cc1ccccc1. The fourth-order valence-electron chi connectivity index (χ4n) is 3.74. The summed E-state index contributed by atoms with van der Waals surface area (Å²) in [7, 11) is 4.07. The van der Waals surface area contributed by atoms with Crippen LogP contribution in [0.15, 0.2) is 54.6 Å². The van der Waals surface area contributed by atoms with E-state index in [4.69, 9.17) is 4.74 Å². The van der Waals surface area contributed by atoms with Crippen LogP contribution in [0.3, 0.4) is 0 Å². The summed E-state index contributed by atoms with van der Waals surface area (Å²) in [5, 5.41) is 13.3. The van der Waals surface area contributed by atoms with E-state index in [-0.39, 0.29) is 23.9 Å². The van der Waals surface area contributed by atoms with Gasteiger partial charge >= 0.3 is 6.03 Å². The number of hydrogen-bond donors (Lipinski definition) is 2. The minimum absolute atomic E-state index is 0.0515. The van der Waals surface area contributed by atoms with Gasteiger partial charge in [0.1, 0.15) is 5.75 Å². The van der Waals surface area contributed by atoms with E-state index in [1.54, 1.807) is 17.0 Å². The zero-order valence-corrected chi connectivity index (χ0v) is 18.0. The lowest BCUT2D eigenvalue weighted by atomic mass is 10.1. The number of urea groups is 1. The minimum atomic E-state index is -0.131. The molecule has 0 aliphatic carbocycles. The first-order chi connectivity index (χ1) is 14.5. The summed E-state index contributed by atoms with van der Waals surface area (Å²) in [5.41, 5.74) is 1.98. The fourth-order valence-corrected chi connectivity index (χ4v) is 3.74. The maximum atomic E-state index is 13.1. The third kappa shape index (κ3) is 6.47. The molecule has 3 rings (SSSR count). The van der Waals surface area contributed by atoms with Crippen LogP contribution >= 0.6 is 0 Å². The van der Waals surface area contributed by atoms with E-state index in [0.717, 1.165) is 31.4 Å². The van der Waals surface area contributed by atoms with Crippen LogP contribution < -0.4 is 5.32 Å². The number of carbonyl (C=O) groups is 1. The molecule has 1 aliphatic rings. The maximum absolute atomic E-state index is 13.1. The Hall–Kier alpha value is -2.57. The average molecular weight is 412 g/mol. The molecule has 1 saturated heterocycles. The van der Waals surface area contributed by atoms with Crippen LogP contribution in [0.5, 0.6) is 5.75 Å². The van der Waals surface area contributed by atoms with Gasteiger partial charge in [-0.1, -0.05) is 48.5 Å². The van der Waals surface area contributed by atoms with Crippen molar-refractivity contribution in [3.8, 4) is 5.75 Å². The van der Waals surface area contributed by atoms with E-state index in [2.05, 4.69) is 22.3 Å². The molecule has 2 atom stereocenters. The maximum Gasteiger partial charge on any atom is 0.317 e. The summed E-state index contributed by atoms with van der Waals surface area (Å²) in [5.74, 6) is 0.206. The Labute approximate surface area is 179 Å². The lowest BCUT2D eigenvalue weighted by molar-refractivity contribution is 0.0789. The Morgan fingerprint density at radius 3 is 2.57 bits per heavy atom. The summed E-state index contributed by atoms with van der Waals surface area (Å²) in [6.45, 7) is 2.16. The van der Waals surface area contributed by atoms with Gasteiger partial charge in [-0.25, -0.2) is 4.79 Å². The number of benzene rings is 2. The number of ether oxygens (including phenoxy) is 1. The van der Waals surface area contributed by atoms with Gasteiger partial charge in [0, 0.05) is 31.3 Å². The van der Waals surface area contributed by atoms with Crippen molar-refractivity contribution in [3.05, 3.63) is 65.7 Å². The number of carbonyl (C=O) groups excluding carboxylic acids is 1. The second-order valence-corrected chi connectivity index (χ2v) is 8.14. The molecule has 1 aliphatic heterocycles. The Balaban J connectivity index is 1.64. The van der Waals surface area contributed by atoms with Crippen LogP contribution in [0.1, 0.15) is 24.0 Å². The molecule has 6 nitrogen and oxygen atoms in total. The van der Waals surface area contributed by atoms with Crippen molar-refractivity contribution >= 4 is 6.03 Å². The van der Waals surface area contributed by atoms with E-state index >= 15 is 0 Å². The Bertz CT molecular complexity index is 791. The van der Waals surface area contributed by atoms with Crippen LogP contribution in [0.25, 0.3) is 0 Å². The highest BCUT2D eigenvalue weighted by molar-refractivity contribution is 5.74. The minimum Gasteiger partial charge on any atom is -0.508 e. The van der Waals surface area contributed by atoms with Crippen LogP contribution in [-0.4, -0.2) is 66.9 Å². The van der Waals surface area contributed by atoms with Gasteiger partial charge in [0.25, 0.3) is 0 Å². The standard InChI is InChI=1S/C24H33N3O3/c1-26(2)21(15-19-9-4-3-5-10-19)16-25-24(29)27(18-22-12-8-14-30-22)17-20-11-6-7-13-23(20)28/h3-7,9-11,13,21-22,28H,8,12,14-18H2,1-2H3,(H,25,29). The first-order valence-corrected chi connectivity index (χ1v) is 10.6. The number of nitrogens with zero attached hydrogens (tertiary/aromatic N) is 2. The molecule has 0 saturated carbocycles. The molecule has 0 spiro atoms. The molecule has 2 aromatic rings. The summed E-state index contributed by atoms with van der Waals surface area (Å²) >= 11 is 0. The highest BCUT2D eigenvalue weighted by Crippen LogP contribution is 2.20. The lowest BCUT2D eigenvalue weighted by Crippen LogP contribution is -2.48. The molecule has 0 bridgehead atoms. The van der Waals surface area contributed by atoms with E-state index < -0.39 is 0 Å². The second-order valence-electron chi connectivity index (χ2n) is 8.14. The summed E-state index contributed by atoms with van der Waals surface area (Å²) in [6.07, 6.45) is 2.89. The summed E-state index contributed by atoms with van der Waals surface area (Å²) < 4.78 is 5.75. The van der Waals surface area contributed by atoms with E-state index in [9.17, 15) is 9.90 Å². The predicted molar refractivity (Wildman–Crippen MR) is 119 cm³/mol. The van der Waals surface area contributed by atoms with Gasteiger partial charge in [-0.15, -0.1) is 0 Å². The summed E-state index contributed by atoms with van der Waals surface area (Å²) in [6, 6.07) is 17.5. The zero-order valence-electron chi connectivity index (χ0n) is 18.0. The van der Waals surface area contributed by atoms with Crippen molar-refractivity contribution in [3.63, 3.8) is 0 Å². The van der Waals surface area contributed by atoms with Crippen molar-refractivity contribution in [2.24, 2.45) is 0 Å². The number of rotatable bonds is 9. The topological polar surface area (TPSA) is 65.0 Å². The molecule has 2 amide bonds. The Morgan fingerprint density at radius 2 is 1.90 bits per heavy atom. The highest BCUT2D eigenvalue weighted by atomic mass is 16.5. The number of aromatic hydroxyl groups is 1. The second kappa shape index (κ2) is 11.0. The number of nitrogens with one attached hydrogen (secondary N) is 1. The first-order valence-electron chi connectivity index (χ1n) is 10.6. The molecule has 0 radical (unpaired) electrons. The number of phenols is 1. The van der Waals surface area contributed by atoms with Crippen molar-refractivity contribution in [1.29, 1.82) is 0 Å². The third-order valence-corrected chi connectivity index (χ3v) is 5.62. The van der Waals surface area contributed by atoms with Gasteiger partial charge < -0.3 is 25.0 Å². The molecule has 1 fully saturated rings. The predicted octanol–water partition coefficient (Wildman–Crippen LogP) is 3.26. The normalized spacial score (nSPS) is 17.1. The molecule has 162 valence electrons. The number of hydrogen-bond acceptors (Lipinski definition) is 4. The molecule has 30 heavy (non-hydrogen) atoms. The Kier molecular flexibility index (Phi) is 8.11. The van der Waals surface area contributed by atoms with Crippen LogP contribution in [-0.2, 0) is 17.7 Å². The van der Waals surface area contributed by atoms with Gasteiger partial charge in [0.15, 0.2) is 0 Å². The highest BCUT2D eigenvalue weighted by Gasteiger charge is 2.24. The molecule has 0 aromatic heterocycles. The van der Waals surface area contributed by atoms with Crippen molar-refractivity contribution in [2.75, 3.05) is 33.8 Å². The van der Waals surface area contributed by atoms with E-state index in [1.807, 2.05) is 44.4 Å². The third-order valence-electron chi connectivity index (χ3n) is 5.62. The van der Waals surface area contributed by atoms with Gasteiger partial charge in [0.05, 0.1) is 12.6 Å². The van der Waals surface area contributed by atoms with Gasteiger partial charge in [-0.3, -0.25) is 0 Å². The van der Waals surface area contributed by atoms with E-state index in [1.165, 1.54) is 5.56 Å². The van der Waals surface area contributed by atoms with Gasteiger partial charge in [-0.05, 0) is 45.0 Å². The average Bonchev–Trinajstić information content (AvgIpc) is 3.25. The van der Waals surface area contributed by atoms with Gasteiger partial charge in [0.2, 0.25) is 0 Å². The smallest absolute Gasteiger partial charge is 0.317 e. The van der Waals surface area contributed by atoms with Crippen molar-refractivity contribution in [1.82, 2.24) is 15.1 Å². The van der Waals surface area contributed by atoms with Crippen LogP contribution in [0.4, 0.5) is 4.79 Å². The van der Waals surface area contributed by atoms with E-state index in [0.29, 0.717) is 19.6 Å². The molecule has 2 aromatic carbocycles. The molecule has 2 N–H and O–H groups in total. The number of para-hydroxylation sites is 1. The molecule has 1 heterocycles. The number of amides is 2. The number of phenolic OH excluding ortho intramolecular Hbond substituents is 1. The van der Waals surface area contributed by atoms with Crippen LogP contribution in [0.2, 0.25) is 0 Å². The van der Waals surface area contributed by atoms with Crippen LogP contribution in [0, 0.1) is 0 Å². The monoisotopic (exact) mass is 411 g/mol. The largest absolute Gasteiger partial charge is 0.508 e. The molecule has 6 heteroatoms. The summed E-state index contributed by atoms with van der Waals surface area (Å²) in [4.78, 5) is 17.0.